The van der Waals surface area contributed by atoms with Crippen LogP contribution in [-0.2, 0) is 4.74 Å². The molecule has 0 spiro atoms. The fraction of sp³-hybridized carbons (Fsp3) is 0.941. The first kappa shape index (κ1) is 21.0. The van der Waals surface area contributed by atoms with Crippen molar-refractivity contribution in [3.05, 3.63) is 0 Å². The Kier molecular flexibility index (Phi) is 11.2. The molecule has 136 valence electrons. The number of nitrogens with zero attached hydrogens (tertiary/aromatic N) is 2. The molecule has 0 saturated carbocycles. The first-order valence-corrected chi connectivity index (χ1v) is 9.14. The Hall–Kier alpha value is -0.0800. The van der Waals surface area contributed by atoms with E-state index in [0.717, 1.165) is 44.5 Å². The minimum Gasteiger partial charge on any atom is -0.376 e. The monoisotopic (exact) mass is 438 g/mol. The van der Waals surface area contributed by atoms with Gasteiger partial charge < -0.3 is 20.3 Å². The molecule has 2 fully saturated rings. The van der Waals surface area contributed by atoms with Gasteiger partial charge in [-0.3, -0.25) is 4.99 Å². The van der Waals surface area contributed by atoms with E-state index >= 15 is 0 Å². The van der Waals surface area contributed by atoms with Crippen molar-refractivity contribution in [3.8, 4) is 0 Å². The van der Waals surface area contributed by atoms with Gasteiger partial charge in [-0.25, -0.2) is 0 Å². The van der Waals surface area contributed by atoms with Crippen molar-refractivity contribution in [3.63, 3.8) is 0 Å². The molecule has 0 aliphatic carbocycles. The van der Waals surface area contributed by atoms with E-state index in [-0.39, 0.29) is 24.0 Å². The Labute approximate surface area is 159 Å². The van der Waals surface area contributed by atoms with E-state index in [2.05, 4.69) is 34.4 Å². The van der Waals surface area contributed by atoms with Crippen molar-refractivity contribution in [2.45, 2.75) is 52.1 Å². The maximum Gasteiger partial charge on any atom is 0.191 e. The predicted octanol–water partition coefficient (Wildman–Crippen LogP) is 2.46. The minimum absolute atomic E-state index is 0. The van der Waals surface area contributed by atoms with Gasteiger partial charge in [0.2, 0.25) is 0 Å². The number of likely N-dealkylation sites (tertiary alicyclic amines) is 1. The Morgan fingerprint density at radius 1 is 1.22 bits per heavy atom. The Balaban J connectivity index is 0.00000264. The van der Waals surface area contributed by atoms with Crippen LogP contribution >= 0.6 is 24.0 Å². The Bertz CT molecular complexity index is 327. The molecule has 2 N–H and O–H groups in total. The van der Waals surface area contributed by atoms with Gasteiger partial charge in [0.05, 0.1) is 12.6 Å². The van der Waals surface area contributed by atoms with E-state index in [0.29, 0.717) is 6.10 Å². The highest BCUT2D eigenvalue weighted by atomic mass is 127. The van der Waals surface area contributed by atoms with Gasteiger partial charge in [-0.2, -0.15) is 0 Å². The quantitative estimate of drug-likeness (QED) is 0.278. The van der Waals surface area contributed by atoms with Crippen molar-refractivity contribution >= 4 is 29.9 Å². The highest BCUT2D eigenvalue weighted by Crippen LogP contribution is 2.15. The van der Waals surface area contributed by atoms with Gasteiger partial charge in [0, 0.05) is 19.7 Å². The molecule has 2 saturated heterocycles. The van der Waals surface area contributed by atoms with Crippen LogP contribution in [0.4, 0.5) is 0 Å². The summed E-state index contributed by atoms with van der Waals surface area (Å²) in [5, 5.41) is 6.77. The maximum atomic E-state index is 5.63. The topological polar surface area (TPSA) is 48.9 Å². The third-order valence-corrected chi connectivity index (χ3v) is 4.64. The van der Waals surface area contributed by atoms with Crippen molar-refractivity contribution in [2.75, 3.05) is 45.9 Å². The molecule has 2 rings (SSSR count). The Morgan fingerprint density at radius 3 is 2.65 bits per heavy atom. The summed E-state index contributed by atoms with van der Waals surface area (Å²) in [6.07, 6.45) is 6.55. The molecule has 0 aromatic rings. The van der Waals surface area contributed by atoms with E-state index < -0.39 is 0 Å². The molecule has 5 nitrogen and oxygen atoms in total. The van der Waals surface area contributed by atoms with Gasteiger partial charge in [0.1, 0.15) is 0 Å². The number of halogens is 1. The summed E-state index contributed by atoms with van der Waals surface area (Å²) in [6, 6.07) is 0. The summed E-state index contributed by atoms with van der Waals surface area (Å²) < 4.78 is 5.63. The Morgan fingerprint density at radius 2 is 2.00 bits per heavy atom. The van der Waals surface area contributed by atoms with E-state index in [4.69, 9.17) is 4.74 Å². The molecule has 0 aromatic heterocycles. The van der Waals surface area contributed by atoms with Crippen LogP contribution in [0.5, 0.6) is 0 Å². The fourth-order valence-corrected chi connectivity index (χ4v) is 3.12. The first-order valence-electron chi connectivity index (χ1n) is 9.14. The third kappa shape index (κ3) is 8.54. The lowest BCUT2D eigenvalue weighted by atomic mass is 9.99. The van der Waals surface area contributed by atoms with Crippen LogP contribution in [0.25, 0.3) is 0 Å². The number of hydrogen-bond donors (Lipinski definition) is 2. The second-order valence-electron chi connectivity index (χ2n) is 6.66. The van der Waals surface area contributed by atoms with Crippen molar-refractivity contribution < 1.29 is 4.74 Å². The van der Waals surface area contributed by atoms with Gasteiger partial charge in [0.15, 0.2) is 5.96 Å². The van der Waals surface area contributed by atoms with E-state index in [1.807, 2.05) is 0 Å². The van der Waals surface area contributed by atoms with Crippen LogP contribution in [0.3, 0.4) is 0 Å². The molecule has 0 aromatic carbocycles. The molecule has 2 heterocycles. The summed E-state index contributed by atoms with van der Waals surface area (Å²) in [6.45, 7) is 11.8. The number of piperidine rings is 1. The molecule has 0 bridgehead atoms. The number of nitrogens with one attached hydrogen (secondary N) is 2. The molecule has 2 aliphatic rings. The summed E-state index contributed by atoms with van der Waals surface area (Å²) in [5.74, 6) is 1.85. The van der Waals surface area contributed by atoms with Crippen molar-refractivity contribution in [2.24, 2.45) is 10.9 Å². The number of guanidine groups is 1. The van der Waals surface area contributed by atoms with E-state index in [1.54, 1.807) is 0 Å². The van der Waals surface area contributed by atoms with Crippen LogP contribution in [0.1, 0.15) is 46.0 Å². The normalized spacial score (nSPS) is 23.6. The molecule has 2 aliphatic heterocycles. The van der Waals surface area contributed by atoms with Crippen LogP contribution in [0.2, 0.25) is 0 Å². The molecule has 0 radical (unpaired) electrons. The first-order chi connectivity index (χ1) is 10.8. The van der Waals surface area contributed by atoms with Crippen LogP contribution in [-0.4, -0.2) is 62.8 Å². The summed E-state index contributed by atoms with van der Waals surface area (Å²) >= 11 is 0. The largest absolute Gasteiger partial charge is 0.376 e. The average Bonchev–Trinajstić information content (AvgIpc) is 3.04. The smallest absolute Gasteiger partial charge is 0.191 e. The van der Waals surface area contributed by atoms with E-state index in [9.17, 15) is 0 Å². The van der Waals surface area contributed by atoms with Crippen LogP contribution in [0.15, 0.2) is 4.99 Å². The zero-order valence-electron chi connectivity index (χ0n) is 14.9. The second kappa shape index (κ2) is 12.3. The average molecular weight is 438 g/mol. The molecule has 23 heavy (non-hydrogen) atoms. The zero-order valence-corrected chi connectivity index (χ0v) is 17.2. The predicted molar refractivity (Wildman–Crippen MR) is 108 cm³/mol. The van der Waals surface area contributed by atoms with Gasteiger partial charge in [-0.15, -0.1) is 24.0 Å². The zero-order chi connectivity index (χ0) is 15.6. The summed E-state index contributed by atoms with van der Waals surface area (Å²) in [4.78, 5) is 7.24. The van der Waals surface area contributed by atoms with Gasteiger partial charge in [-0.05, 0) is 64.6 Å². The number of aliphatic imine (C=N–C) groups is 1. The molecule has 1 atom stereocenters. The molecule has 6 heteroatoms. The second-order valence-corrected chi connectivity index (χ2v) is 6.66. The van der Waals surface area contributed by atoms with Crippen molar-refractivity contribution in [1.82, 2.24) is 15.5 Å². The lowest BCUT2D eigenvalue weighted by Gasteiger charge is -2.30. The lowest BCUT2D eigenvalue weighted by molar-refractivity contribution is 0.117. The van der Waals surface area contributed by atoms with Crippen molar-refractivity contribution in [1.29, 1.82) is 0 Å². The third-order valence-electron chi connectivity index (χ3n) is 4.64. The number of hydrogen-bond acceptors (Lipinski definition) is 3. The number of ether oxygens (including phenoxy) is 1. The van der Waals surface area contributed by atoms with E-state index in [1.165, 1.54) is 45.3 Å². The molecule has 0 amide bonds. The van der Waals surface area contributed by atoms with Gasteiger partial charge in [0.25, 0.3) is 0 Å². The summed E-state index contributed by atoms with van der Waals surface area (Å²) in [5.41, 5.74) is 0. The van der Waals surface area contributed by atoms with Crippen LogP contribution in [0, 0.1) is 5.92 Å². The fourth-order valence-electron chi connectivity index (χ4n) is 3.12. The summed E-state index contributed by atoms with van der Waals surface area (Å²) in [7, 11) is 0. The standard InChI is InChI=1S/C17H34N4O.HI/c1-3-18-17(20-14-16-6-4-13-22-16)19-9-5-10-21-11-7-15(2)8-12-21;/h15-16H,3-14H2,1-2H3,(H2,18,19,20);1H. The molecular formula is C17H35IN4O. The number of rotatable bonds is 7. The highest BCUT2D eigenvalue weighted by molar-refractivity contribution is 14.0. The lowest BCUT2D eigenvalue weighted by Crippen LogP contribution is -2.40. The molecule has 1 unspecified atom stereocenters. The maximum absolute atomic E-state index is 5.63. The van der Waals surface area contributed by atoms with Crippen LogP contribution < -0.4 is 10.6 Å². The van der Waals surface area contributed by atoms with Gasteiger partial charge >= 0.3 is 0 Å². The van der Waals surface area contributed by atoms with Gasteiger partial charge in [-0.1, -0.05) is 6.92 Å². The molecular weight excluding hydrogens is 403 g/mol. The highest BCUT2D eigenvalue weighted by Gasteiger charge is 2.16. The minimum atomic E-state index is 0. The SMILES string of the molecule is CCNC(=NCC1CCCO1)NCCCN1CCC(C)CC1.I.